The van der Waals surface area contributed by atoms with Crippen LogP contribution < -0.4 is 11.1 Å². The van der Waals surface area contributed by atoms with Crippen molar-refractivity contribution >= 4 is 11.8 Å². The van der Waals surface area contributed by atoms with Crippen molar-refractivity contribution in [1.29, 1.82) is 0 Å². The number of carbonyl (C=O) groups excluding carboxylic acids is 2. The van der Waals surface area contributed by atoms with Gasteiger partial charge in [0.2, 0.25) is 11.8 Å². The Balaban J connectivity index is 2.42. The van der Waals surface area contributed by atoms with E-state index in [9.17, 15) is 9.59 Å². The first-order valence-electron chi connectivity index (χ1n) is 4.89. The second kappa shape index (κ2) is 4.95. The zero-order valence-corrected chi connectivity index (χ0v) is 8.45. The molecule has 1 fully saturated rings. The van der Waals surface area contributed by atoms with Gasteiger partial charge in [0.1, 0.15) is 0 Å². The van der Waals surface area contributed by atoms with Gasteiger partial charge < -0.3 is 16.0 Å². The van der Waals surface area contributed by atoms with Crippen LogP contribution in [0, 0.1) is 0 Å². The molecule has 80 valence electrons. The fourth-order valence-corrected chi connectivity index (χ4v) is 1.76. The lowest BCUT2D eigenvalue weighted by Crippen LogP contribution is -2.44. The highest BCUT2D eigenvalue weighted by Crippen LogP contribution is 2.16. The van der Waals surface area contributed by atoms with E-state index in [1.165, 1.54) is 6.92 Å². The molecule has 5 heteroatoms. The zero-order valence-electron chi connectivity index (χ0n) is 8.45. The first kappa shape index (κ1) is 11.0. The Bertz CT molecular complexity index is 230. The maximum Gasteiger partial charge on any atom is 0.236 e. The van der Waals surface area contributed by atoms with Gasteiger partial charge in [0, 0.05) is 26.1 Å². The number of nitrogens with one attached hydrogen (secondary N) is 1. The van der Waals surface area contributed by atoms with E-state index in [2.05, 4.69) is 5.32 Å². The van der Waals surface area contributed by atoms with E-state index in [-0.39, 0.29) is 24.4 Å². The van der Waals surface area contributed by atoms with Crippen molar-refractivity contribution in [1.82, 2.24) is 10.2 Å². The standard InChI is InChI=1S/C9H17N3O2/c1-7(13)11-6-8-3-2-4-12(8)9(14)5-10/h8H,2-6,10H2,1H3,(H,11,13)/t8-/m1/s1. The van der Waals surface area contributed by atoms with E-state index >= 15 is 0 Å². The summed E-state index contributed by atoms with van der Waals surface area (Å²) in [6, 6.07) is 0.134. The van der Waals surface area contributed by atoms with Crippen molar-refractivity contribution in [3.05, 3.63) is 0 Å². The zero-order chi connectivity index (χ0) is 10.6. The van der Waals surface area contributed by atoms with Crippen molar-refractivity contribution in [2.45, 2.75) is 25.8 Å². The Morgan fingerprint density at radius 2 is 2.29 bits per heavy atom. The van der Waals surface area contributed by atoms with Gasteiger partial charge in [0.15, 0.2) is 0 Å². The molecular weight excluding hydrogens is 182 g/mol. The third kappa shape index (κ3) is 2.70. The van der Waals surface area contributed by atoms with Crippen LogP contribution >= 0.6 is 0 Å². The molecule has 0 spiro atoms. The Kier molecular flexibility index (Phi) is 3.88. The normalized spacial score (nSPS) is 21.0. The summed E-state index contributed by atoms with van der Waals surface area (Å²) in [7, 11) is 0. The van der Waals surface area contributed by atoms with E-state index in [0.29, 0.717) is 6.54 Å². The van der Waals surface area contributed by atoms with E-state index < -0.39 is 0 Å². The number of nitrogens with zero attached hydrogens (tertiary/aromatic N) is 1. The molecule has 5 nitrogen and oxygen atoms in total. The molecule has 1 rings (SSSR count). The fourth-order valence-electron chi connectivity index (χ4n) is 1.76. The second-order valence-corrected chi connectivity index (χ2v) is 3.52. The Labute approximate surface area is 83.6 Å². The highest BCUT2D eigenvalue weighted by molar-refractivity contribution is 5.79. The molecule has 1 saturated heterocycles. The van der Waals surface area contributed by atoms with Crippen LogP contribution in [-0.2, 0) is 9.59 Å². The number of carbonyl (C=O) groups is 2. The maximum atomic E-state index is 11.4. The molecule has 0 bridgehead atoms. The summed E-state index contributed by atoms with van der Waals surface area (Å²) in [6.45, 7) is 2.84. The van der Waals surface area contributed by atoms with Crippen molar-refractivity contribution in [3.8, 4) is 0 Å². The molecule has 2 amide bonds. The topological polar surface area (TPSA) is 75.4 Å². The Hall–Kier alpha value is -1.10. The molecule has 0 saturated carbocycles. The number of hydrogen-bond donors (Lipinski definition) is 2. The minimum Gasteiger partial charge on any atom is -0.354 e. The van der Waals surface area contributed by atoms with Gasteiger partial charge in [0.05, 0.1) is 6.54 Å². The first-order valence-corrected chi connectivity index (χ1v) is 4.89. The monoisotopic (exact) mass is 199 g/mol. The molecule has 1 aliphatic heterocycles. The van der Waals surface area contributed by atoms with Crippen LogP contribution in [0.3, 0.4) is 0 Å². The van der Waals surface area contributed by atoms with Gasteiger partial charge in [0.25, 0.3) is 0 Å². The molecule has 0 aliphatic carbocycles. The van der Waals surface area contributed by atoms with Crippen molar-refractivity contribution < 1.29 is 9.59 Å². The summed E-state index contributed by atoms with van der Waals surface area (Å²) in [5, 5.41) is 2.72. The SMILES string of the molecule is CC(=O)NC[C@H]1CCCN1C(=O)CN. The largest absolute Gasteiger partial charge is 0.354 e. The lowest BCUT2D eigenvalue weighted by atomic mass is 10.2. The van der Waals surface area contributed by atoms with E-state index in [1.807, 2.05) is 0 Å². The molecule has 1 heterocycles. The molecule has 0 aromatic heterocycles. The lowest BCUT2D eigenvalue weighted by molar-refractivity contribution is -0.131. The molecule has 1 atom stereocenters. The van der Waals surface area contributed by atoms with Gasteiger partial charge in [-0.1, -0.05) is 0 Å². The van der Waals surface area contributed by atoms with Crippen molar-refractivity contribution in [2.75, 3.05) is 19.6 Å². The van der Waals surface area contributed by atoms with Gasteiger partial charge in [-0.05, 0) is 12.8 Å². The number of likely N-dealkylation sites (tertiary alicyclic amines) is 1. The van der Waals surface area contributed by atoms with E-state index in [1.54, 1.807) is 4.90 Å². The number of amides is 2. The van der Waals surface area contributed by atoms with Gasteiger partial charge in [-0.15, -0.1) is 0 Å². The average Bonchev–Trinajstić information content (AvgIpc) is 2.61. The summed E-state index contributed by atoms with van der Waals surface area (Å²) in [5.41, 5.74) is 5.29. The number of rotatable bonds is 3. The Morgan fingerprint density at radius 1 is 1.57 bits per heavy atom. The second-order valence-electron chi connectivity index (χ2n) is 3.52. The molecule has 0 radical (unpaired) electrons. The predicted molar refractivity (Wildman–Crippen MR) is 52.5 cm³/mol. The van der Waals surface area contributed by atoms with Crippen LogP contribution in [-0.4, -0.2) is 42.4 Å². The number of nitrogens with two attached hydrogens (primary N) is 1. The number of hydrogen-bond acceptors (Lipinski definition) is 3. The predicted octanol–water partition coefficient (Wildman–Crippen LogP) is -0.928. The van der Waals surface area contributed by atoms with Crippen molar-refractivity contribution in [3.63, 3.8) is 0 Å². The molecule has 0 unspecified atom stereocenters. The minimum absolute atomic E-state index is 0.0298. The lowest BCUT2D eigenvalue weighted by Gasteiger charge is -2.24. The first-order chi connectivity index (χ1) is 6.65. The molecule has 3 N–H and O–H groups in total. The smallest absolute Gasteiger partial charge is 0.236 e. The molecule has 0 aromatic rings. The molecule has 14 heavy (non-hydrogen) atoms. The van der Waals surface area contributed by atoms with Gasteiger partial charge in [-0.25, -0.2) is 0 Å². The van der Waals surface area contributed by atoms with Crippen LogP contribution in [0.4, 0.5) is 0 Å². The third-order valence-corrected chi connectivity index (χ3v) is 2.46. The fraction of sp³-hybridized carbons (Fsp3) is 0.778. The maximum absolute atomic E-state index is 11.4. The minimum atomic E-state index is -0.0583. The highest BCUT2D eigenvalue weighted by Gasteiger charge is 2.27. The van der Waals surface area contributed by atoms with E-state index in [4.69, 9.17) is 5.73 Å². The van der Waals surface area contributed by atoms with Gasteiger partial charge in [-0.3, -0.25) is 9.59 Å². The highest BCUT2D eigenvalue weighted by atomic mass is 16.2. The Morgan fingerprint density at radius 3 is 2.86 bits per heavy atom. The summed E-state index contributed by atoms with van der Waals surface area (Å²) >= 11 is 0. The van der Waals surface area contributed by atoms with Crippen LogP contribution in [0.2, 0.25) is 0 Å². The van der Waals surface area contributed by atoms with Crippen LogP contribution in [0.15, 0.2) is 0 Å². The molecule has 0 aromatic carbocycles. The summed E-state index contributed by atoms with van der Waals surface area (Å²) in [5.74, 6) is -0.0881. The molecular formula is C9H17N3O2. The van der Waals surface area contributed by atoms with E-state index in [0.717, 1.165) is 19.4 Å². The van der Waals surface area contributed by atoms with Crippen LogP contribution in [0.25, 0.3) is 0 Å². The summed E-state index contributed by atoms with van der Waals surface area (Å²) in [4.78, 5) is 23.8. The van der Waals surface area contributed by atoms with Crippen molar-refractivity contribution in [2.24, 2.45) is 5.73 Å². The van der Waals surface area contributed by atoms with Crippen LogP contribution in [0.5, 0.6) is 0 Å². The van der Waals surface area contributed by atoms with Crippen LogP contribution in [0.1, 0.15) is 19.8 Å². The third-order valence-electron chi connectivity index (χ3n) is 2.46. The van der Waals surface area contributed by atoms with Gasteiger partial charge in [-0.2, -0.15) is 0 Å². The quantitative estimate of drug-likeness (QED) is 0.616. The average molecular weight is 199 g/mol. The molecule has 1 aliphatic rings. The van der Waals surface area contributed by atoms with Gasteiger partial charge >= 0.3 is 0 Å². The summed E-state index contributed by atoms with van der Waals surface area (Å²) in [6.07, 6.45) is 1.95. The summed E-state index contributed by atoms with van der Waals surface area (Å²) < 4.78 is 0.